The van der Waals surface area contributed by atoms with Crippen molar-refractivity contribution in [3.05, 3.63) is 29.3 Å². The Labute approximate surface area is 108 Å². The topological polar surface area (TPSA) is 52.6 Å². The standard InChI is InChI=1S/C14H20N2O2/c1-10-5-6-12-11(9-10)13(15-2)14(18)16(12)7-3-4-8-17/h5-6,9,13,15,17H,3-4,7-8H2,1-2H3. The molecule has 0 radical (unpaired) electrons. The molecule has 0 bridgehead atoms. The Kier molecular flexibility index (Phi) is 3.99. The molecule has 98 valence electrons. The van der Waals surface area contributed by atoms with Crippen LogP contribution in [0.15, 0.2) is 18.2 Å². The largest absolute Gasteiger partial charge is 0.396 e. The number of likely N-dealkylation sites (N-methyl/N-ethyl adjacent to an activating group) is 1. The lowest BCUT2D eigenvalue weighted by atomic mass is 10.1. The number of hydrogen-bond donors (Lipinski definition) is 2. The Morgan fingerprint density at radius 2 is 2.17 bits per heavy atom. The zero-order valence-corrected chi connectivity index (χ0v) is 10.9. The van der Waals surface area contributed by atoms with Gasteiger partial charge in [0.2, 0.25) is 5.91 Å². The number of benzene rings is 1. The predicted molar refractivity (Wildman–Crippen MR) is 71.7 cm³/mol. The second kappa shape index (κ2) is 5.50. The number of carbonyl (C=O) groups excluding carboxylic acids is 1. The summed E-state index contributed by atoms with van der Waals surface area (Å²) < 4.78 is 0. The average molecular weight is 248 g/mol. The predicted octanol–water partition coefficient (Wildman–Crippen LogP) is 1.37. The van der Waals surface area contributed by atoms with Crippen molar-refractivity contribution in [3.63, 3.8) is 0 Å². The average Bonchev–Trinajstić information content (AvgIpc) is 2.61. The summed E-state index contributed by atoms with van der Waals surface area (Å²) in [6, 6.07) is 5.89. The van der Waals surface area contributed by atoms with Crippen LogP contribution < -0.4 is 10.2 Å². The molecule has 1 aromatic carbocycles. The van der Waals surface area contributed by atoms with E-state index in [1.54, 1.807) is 0 Å². The number of hydrogen-bond acceptors (Lipinski definition) is 3. The zero-order chi connectivity index (χ0) is 13.1. The summed E-state index contributed by atoms with van der Waals surface area (Å²) in [7, 11) is 1.81. The molecule has 1 heterocycles. The Morgan fingerprint density at radius 1 is 1.39 bits per heavy atom. The van der Waals surface area contributed by atoms with Crippen LogP contribution in [0.5, 0.6) is 0 Å². The third-order valence-corrected chi connectivity index (χ3v) is 3.38. The van der Waals surface area contributed by atoms with Gasteiger partial charge in [-0.15, -0.1) is 0 Å². The third-order valence-electron chi connectivity index (χ3n) is 3.38. The first-order chi connectivity index (χ1) is 8.69. The van der Waals surface area contributed by atoms with Crippen molar-refractivity contribution in [2.45, 2.75) is 25.8 Å². The fraction of sp³-hybridized carbons (Fsp3) is 0.500. The van der Waals surface area contributed by atoms with Crippen molar-refractivity contribution in [1.29, 1.82) is 0 Å². The lowest BCUT2D eigenvalue weighted by Crippen LogP contribution is -2.34. The molecule has 1 aliphatic rings. The number of aliphatic hydroxyl groups is 1. The summed E-state index contributed by atoms with van der Waals surface area (Å²) in [5.74, 6) is 0.107. The molecule has 1 aliphatic heterocycles. The number of aliphatic hydroxyl groups excluding tert-OH is 1. The van der Waals surface area contributed by atoms with E-state index in [1.165, 1.54) is 5.56 Å². The Hall–Kier alpha value is -1.39. The summed E-state index contributed by atoms with van der Waals surface area (Å²) in [5.41, 5.74) is 3.23. The van der Waals surface area contributed by atoms with Crippen LogP contribution in [0.4, 0.5) is 5.69 Å². The highest BCUT2D eigenvalue weighted by molar-refractivity contribution is 6.04. The normalized spacial score (nSPS) is 18.3. The van der Waals surface area contributed by atoms with E-state index in [-0.39, 0.29) is 18.6 Å². The van der Waals surface area contributed by atoms with Gasteiger partial charge in [0.1, 0.15) is 6.04 Å². The van der Waals surface area contributed by atoms with E-state index < -0.39 is 0 Å². The van der Waals surface area contributed by atoms with E-state index in [0.29, 0.717) is 6.54 Å². The number of aryl methyl sites for hydroxylation is 1. The van der Waals surface area contributed by atoms with Gasteiger partial charge in [-0.3, -0.25) is 4.79 Å². The van der Waals surface area contributed by atoms with Crippen LogP contribution in [-0.4, -0.2) is 31.2 Å². The Balaban J connectivity index is 2.25. The minimum absolute atomic E-state index is 0.107. The minimum Gasteiger partial charge on any atom is -0.396 e. The van der Waals surface area contributed by atoms with Crippen LogP contribution in [0.3, 0.4) is 0 Å². The SMILES string of the molecule is CNC1C(=O)N(CCCCO)c2ccc(C)cc21. The molecule has 1 aromatic rings. The van der Waals surface area contributed by atoms with Crippen molar-refractivity contribution in [1.82, 2.24) is 5.32 Å². The fourth-order valence-electron chi connectivity index (χ4n) is 2.45. The summed E-state index contributed by atoms with van der Waals surface area (Å²) in [6.07, 6.45) is 1.56. The summed E-state index contributed by atoms with van der Waals surface area (Å²) >= 11 is 0. The molecular formula is C14H20N2O2. The fourth-order valence-corrected chi connectivity index (χ4v) is 2.45. The van der Waals surface area contributed by atoms with E-state index in [1.807, 2.05) is 31.0 Å². The van der Waals surface area contributed by atoms with Gasteiger partial charge in [0.05, 0.1) is 0 Å². The smallest absolute Gasteiger partial charge is 0.248 e. The molecule has 1 unspecified atom stereocenters. The highest BCUT2D eigenvalue weighted by Gasteiger charge is 2.35. The van der Waals surface area contributed by atoms with E-state index >= 15 is 0 Å². The lowest BCUT2D eigenvalue weighted by molar-refractivity contribution is -0.119. The molecule has 0 aromatic heterocycles. The van der Waals surface area contributed by atoms with Crippen molar-refractivity contribution in [2.24, 2.45) is 0 Å². The van der Waals surface area contributed by atoms with Gasteiger partial charge in [0.25, 0.3) is 0 Å². The Morgan fingerprint density at radius 3 is 2.83 bits per heavy atom. The highest BCUT2D eigenvalue weighted by Crippen LogP contribution is 2.36. The monoisotopic (exact) mass is 248 g/mol. The first-order valence-corrected chi connectivity index (χ1v) is 6.39. The maximum atomic E-state index is 12.3. The van der Waals surface area contributed by atoms with Crippen LogP contribution in [-0.2, 0) is 4.79 Å². The quantitative estimate of drug-likeness (QED) is 0.774. The van der Waals surface area contributed by atoms with Gasteiger partial charge in [-0.25, -0.2) is 0 Å². The summed E-state index contributed by atoms with van der Waals surface area (Å²) in [6.45, 7) is 2.89. The summed E-state index contributed by atoms with van der Waals surface area (Å²) in [5, 5.41) is 11.9. The number of carbonyl (C=O) groups is 1. The molecule has 0 saturated heterocycles. The van der Waals surface area contributed by atoms with Crippen LogP contribution in [0, 0.1) is 6.92 Å². The summed E-state index contributed by atoms with van der Waals surface area (Å²) in [4.78, 5) is 14.1. The number of nitrogens with one attached hydrogen (secondary N) is 1. The molecule has 0 saturated carbocycles. The minimum atomic E-state index is -0.228. The van der Waals surface area contributed by atoms with Gasteiger partial charge in [-0.2, -0.15) is 0 Å². The number of unbranched alkanes of at least 4 members (excludes halogenated alkanes) is 1. The second-order valence-electron chi connectivity index (χ2n) is 4.70. The molecule has 2 rings (SSSR count). The van der Waals surface area contributed by atoms with E-state index in [2.05, 4.69) is 11.4 Å². The highest BCUT2D eigenvalue weighted by atomic mass is 16.3. The van der Waals surface area contributed by atoms with Gasteiger partial charge >= 0.3 is 0 Å². The maximum absolute atomic E-state index is 12.3. The van der Waals surface area contributed by atoms with Gasteiger partial charge in [0.15, 0.2) is 0 Å². The molecule has 18 heavy (non-hydrogen) atoms. The van der Waals surface area contributed by atoms with Gasteiger partial charge in [0, 0.05) is 24.4 Å². The van der Waals surface area contributed by atoms with Crippen LogP contribution >= 0.6 is 0 Å². The van der Waals surface area contributed by atoms with Crippen LogP contribution in [0.25, 0.3) is 0 Å². The second-order valence-corrected chi connectivity index (χ2v) is 4.70. The number of fused-ring (bicyclic) bond motifs is 1. The molecule has 1 atom stereocenters. The molecular weight excluding hydrogens is 228 g/mol. The van der Waals surface area contributed by atoms with Gasteiger partial charge in [-0.1, -0.05) is 17.7 Å². The lowest BCUT2D eigenvalue weighted by Gasteiger charge is -2.17. The van der Waals surface area contributed by atoms with Crippen molar-refractivity contribution < 1.29 is 9.90 Å². The van der Waals surface area contributed by atoms with Crippen molar-refractivity contribution in [3.8, 4) is 0 Å². The number of rotatable bonds is 5. The van der Waals surface area contributed by atoms with Crippen LogP contribution in [0.2, 0.25) is 0 Å². The van der Waals surface area contributed by atoms with E-state index in [9.17, 15) is 4.79 Å². The molecule has 1 amide bonds. The van der Waals surface area contributed by atoms with E-state index in [0.717, 1.165) is 24.1 Å². The van der Waals surface area contributed by atoms with Crippen molar-refractivity contribution in [2.75, 3.05) is 25.1 Å². The number of anilines is 1. The van der Waals surface area contributed by atoms with E-state index in [4.69, 9.17) is 5.11 Å². The first kappa shape index (κ1) is 13.1. The Bertz CT molecular complexity index is 445. The maximum Gasteiger partial charge on any atom is 0.248 e. The molecule has 4 nitrogen and oxygen atoms in total. The van der Waals surface area contributed by atoms with Crippen molar-refractivity contribution >= 4 is 11.6 Å². The third kappa shape index (κ3) is 2.26. The molecule has 0 aliphatic carbocycles. The molecule has 2 N–H and O–H groups in total. The number of nitrogens with zero attached hydrogens (tertiary/aromatic N) is 1. The zero-order valence-electron chi connectivity index (χ0n) is 10.9. The number of amides is 1. The van der Waals surface area contributed by atoms with Crippen LogP contribution in [0.1, 0.15) is 30.0 Å². The molecule has 0 fully saturated rings. The first-order valence-electron chi connectivity index (χ1n) is 6.39. The van der Waals surface area contributed by atoms with Gasteiger partial charge in [-0.05, 0) is 32.9 Å². The molecule has 4 heteroatoms. The molecule has 0 spiro atoms. The van der Waals surface area contributed by atoms with Gasteiger partial charge < -0.3 is 15.3 Å².